The van der Waals surface area contributed by atoms with E-state index in [1.165, 1.54) is 12.1 Å². The molecule has 0 aromatic heterocycles. The molecule has 3 atom stereocenters. The van der Waals surface area contributed by atoms with Gasteiger partial charge in [-0.15, -0.1) is 0 Å². The lowest BCUT2D eigenvalue weighted by molar-refractivity contribution is -0.127. The summed E-state index contributed by atoms with van der Waals surface area (Å²) in [7, 11) is 0. The second kappa shape index (κ2) is 7.31. The molecule has 0 unspecified atom stereocenters. The zero-order chi connectivity index (χ0) is 19.0. The molecule has 1 aromatic carbocycles. The summed E-state index contributed by atoms with van der Waals surface area (Å²) in [5, 5.41) is 2.50. The van der Waals surface area contributed by atoms with Gasteiger partial charge in [-0.25, -0.2) is 4.39 Å². The maximum Gasteiger partial charge on any atom is 0.293 e. The zero-order valence-corrected chi connectivity index (χ0v) is 15.4. The number of carbonyl (C=O) groups excluding carboxylic acids is 3. The fourth-order valence-electron chi connectivity index (χ4n) is 3.91. The van der Waals surface area contributed by atoms with Gasteiger partial charge in [0, 0.05) is 19.0 Å². The number of thioether (sulfide) groups is 1. The topological polar surface area (TPSA) is 66.5 Å². The van der Waals surface area contributed by atoms with Gasteiger partial charge in [0.25, 0.3) is 11.1 Å². The lowest BCUT2D eigenvalue weighted by atomic mass is 9.93. The molecule has 3 aliphatic rings. The summed E-state index contributed by atoms with van der Waals surface area (Å²) in [5.41, 5.74) is 0.652. The molecule has 2 aliphatic carbocycles. The highest BCUT2D eigenvalue weighted by Gasteiger charge is 2.40. The molecule has 0 radical (unpaired) electrons. The van der Waals surface area contributed by atoms with Crippen LogP contribution in [-0.4, -0.2) is 35.0 Å². The van der Waals surface area contributed by atoms with E-state index in [9.17, 15) is 18.8 Å². The third-order valence-electron chi connectivity index (χ3n) is 5.29. The van der Waals surface area contributed by atoms with E-state index in [1.807, 2.05) is 0 Å². The second-order valence-corrected chi connectivity index (χ2v) is 8.06. The van der Waals surface area contributed by atoms with E-state index in [-0.39, 0.29) is 41.9 Å². The normalized spacial score (nSPS) is 27.8. The average molecular weight is 386 g/mol. The Kier molecular flexibility index (Phi) is 4.86. The van der Waals surface area contributed by atoms with E-state index in [1.54, 1.807) is 18.2 Å². The predicted octanol–water partition coefficient (Wildman–Crippen LogP) is 3.19. The highest BCUT2D eigenvalue weighted by molar-refractivity contribution is 8.18. The first-order valence-corrected chi connectivity index (χ1v) is 9.80. The minimum atomic E-state index is -0.383. The van der Waals surface area contributed by atoms with Crippen LogP contribution >= 0.6 is 11.8 Å². The molecule has 1 aliphatic heterocycles. The lowest BCUT2D eigenvalue weighted by Gasteiger charge is -2.19. The van der Waals surface area contributed by atoms with Gasteiger partial charge in [0.05, 0.1) is 4.91 Å². The van der Waals surface area contributed by atoms with Gasteiger partial charge in [0.2, 0.25) is 5.91 Å². The van der Waals surface area contributed by atoms with Crippen LogP contribution in [0.5, 0.6) is 0 Å². The van der Waals surface area contributed by atoms with Crippen molar-refractivity contribution in [3.05, 3.63) is 52.7 Å². The molecular formula is C20H19FN2O3S. The van der Waals surface area contributed by atoms with Crippen LogP contribution in [0.4, 0.5) is 9.18 Å². The fourth-order valence-corrected chi connectivity index (χ4v) is 4.77. The van der Waals surface area contributed by atoms with Gasteiger partial charge in [-0.3, -0.25) is 19.3 Å². The fraction of sp³-hybridized carbons (Fsp3) is 0.350. The van der Waals surface area contributed by atoms with Crippen molar-refractivity contribution in [2.45, 2.75) is 12.8 Å². The van der Waals surface area contributed by atoms with Gasteiger partial charge < -0.3 is 5.32 Å². The van der Waals surface area contributed by atoms with Crippen molar-refractivity contribution in [3.8, 4) is 0 Å². The van der Waals surface area contributed by atoms with Crippen molar-refractivity contribution in [1.29, 1.82) is 0 Å². The summed E-state index contributed by atoms with van der Waals surface area (Å²) in [5.74, 6) is 0.108. The van der Waals surface area contributed by atoms with Crippen molar-refractivity contribution in [2.75, 3.05) is 13.1 Å². The van der Waals surface area contributed by atoms with Crippen molar-refractivity contribution < 1.29 is 18.8 Å². The largest absolute Gasteiger partial charge is 0.354 e. The summed E-state index contributed by atoms with van der Waals surface area (Å²) in [6, 6.07) is 5.70. The van der Waals surface area contributed by atoms with Crippen LogP contribution in [0.15, 0.2) is 41.3 Å². The maximum atomic E-state index is 13.0. The van der Waals surface area contributed by atoms with Gasteiger partial charge >= 0.3 is 0 Å². The van der Waals surface area contributed by atoms with Crippen LogP contribution in [-0.2, 0) is 9.59 Å². The number of fused-ring (bicyclic) bond motifs is 2. The summed E-state index contributed by atoms with van der Waals surface area (Å²) in [4.78, 5) is 38.3. The zero-order valence-electron chi connectivity index (χ0n) is 14.6. The Balaban J connectivity index is 1.32. The number of imide groups is 1. The number of nitrogens with zero attached hydrogens (tertiary/aromatic N) is 1. The lowest BCUT2D eigenvalue weighted by Crippen LogP contribution is -2.40. The van der Waals surface area contributed by atoms with Gasteiger partial charge in [0.1, 0.15) is 5.82 Å². The average Bonchev–Trinajstić information content (AvgIpc) is 3.34. The Labute approximate surface area is 160 Å². The Morgan fingerprint density at radius 3 is 2.67 bits per heavy atom. The highest BCUT2D eigenvalue weighted by atomic mass is 32.2. The molecule has 2 fully saturated rings. The summed E-state index contributed by atoms with van der Waals surface area (Å²) >= 11 is 0.858. The van der Waals surface area contributed by atoms with E-state index in [2.05, 4.69) is 17.5 Å². The maximum absolute atomic E-state index is 13.0. The van der Waals surface area contributed by atoms with E-state index in [0.717, 1.165) is 29.5 Å². The van der Waals surface area contributed by atoms with Crippen LogP contribution < -0.4 is 5.32 Å². The Hall–Kier alpha value is -2.41. The number of halogens is 1. The van der Waals surface area contributed by atoms with Crippen molar-refractivity contribution in [1.82, 2.24) is 10.2 Å². The van der Waals surface area contributed by atoms with Crippen LogP contribution in [0.3, 0.4) is 0 Å². The molecule has 2 bridgehead atoms. The number of allylic oxidation sites excluding steroid dienone is 2. The number of hydrogen-bond donors (Lipinski definition) is 1. The Morgan fingerprint density at radius 2 is 2.00 bits per heavy atom. The molecular weight excluding hydrogens is 367 g/mol. The van der Waals surface area contributed by atoms with Crippen molar-refractivity contribution in [3.63, 3.8) is 0 Å². The molecule has 140 valence electrons. The van der Waals surface area contributed by atoms with Crippen molar-refractivity contribution >= 4 is 34.9 Å². The minimum absolute atomic E-state index is 0.000626. The van der Waals surface area contributed by atoms with E-state index >= 15 is 0 Å². The quantitative estimate of drug-likeness (QED) is 0.623. The molecule has 27 heavy (non-hydrogen) atoms. The molecule has 1 N–H and O–H groups in total. The van der Waals surface area contributed by atoms with E-state index in [4.69, 9.17) is 0 Å². The molecule has 1 heterocycles. The third kappa shape index (κ3) is 3.69. The molecule has 1 saturated carbocycles. The number of nitrogens with one attached hydrogen (secondary N) is 1. The second-order valence-electron chi connectivity index (χ2n) is 7.06. The van der Waals surface area contributed by atoms with E-state index < -0.39 is 0 Å². The molecule has 4 rings (SSSR count). The summed E-state index contributed by atoms with van der Waals surface area (Å²) < 4.78 is 13.0. The Bertz CT molecular complexity index is 849. The molecule has 3 amide bonds. The first kappa shape index (κ1) is 18.0. The molecule has 1 aromatic rings. The molecule has 1 saturated heterocycles. The van der Waals surface area contributed by atoms with Crippen LogP contribution in [0.25, 0.3) is 6.08 Å². The number of rotatable bonds is 5. The first-order chi connectivity index (χ1) is 13.0. The summed E-state index contributed by atoms with van der Waals surface area (Å²) in [6.45, 7) is 0.395. The third-order valence-corrected chi connectivity index (χ3v) is 6.20. The number of carbonyl (C=O) groups is 3. The monoisotopic (exact) mass is 386 g/mol. The van der Waals surface area contributed by atoms with Crippen LogP contribution in [0.1, 0.15) is 18.4 Å². The van der Waals surface area contributed by atoms with Crippen molar-refractivity contribution in [2.24, 2.45) is 17.8 Å². The number of benzene rings is 1. The first-order valence-electron chi connectivity index (χ1n) is 8.98. The van der Waals surface area contributed by atoms with Crippen LogP contribution in [0, 0.1) is 23.6 Å². The summed E-state index contributed by atoms with van der Waals surface area (Å²) in [6.07, 6.45) is 7.81. The predicted molar refractivity (Wildman–Crippen MR) is 101 cm³/mol. The molecule has 0 spiro atoms. The van der Waals surface area contributed by atoms with Gasteiger partial charge in [-0.1, -0.05) is 24.3 Å². The van der Waals surface area contributed by atoms with Gasteiger partial charge in [0.15, 0.2) is 0 Å². The number of hydrogen-bond acceptors (Lipinski definition) is 4. The minimum Gasteiger partial charge on any atom is -0.354 e. The smallest absolute Gasteiger partial charge is 0.293 e. The highest BCUT2D eigenvalue weighted by Crippen LogP contribution is 2.43. The number of amides is 3. The van der Waals surface area contributed by atoms with Gasteiger partial charge in [-0.05, 0) is 60.2 Å². The SMILES string of the molecule is O=C(NCCN1C(=O)S/C(=C\c2ccc(F)cc2)C1=O)[C@H]1C[C@H]2C=C[C@@H]1C2. The standard InChI is InChI=1S/C20H19FN2O3S/c21-15-5-2-12(3-6-15)11-17-19(25)23(20(26)27-17)8-7-22-18(24)16-10-13-1-4-14(16)9-13/h1-6,11,13-14,16H,7-10H2,(H,22,24)/b17-11-/t13-,14+,16-/m0/s1. The Morgan fingerprint density at radius 1 is 1.22 bits per heavy atom. The van der Waals surface area contributed by atoms with Crippen LogP contribution in [0.2, 0.25) is 0 Å². The molecule has 5 nitrogen and oxygen atoms in total. The van der Waals surface area contributed by atoms with E-state index in [0.29, 0.717) is 22.3 Å². The van der Waals surface area contributed by atoms with Gasteiger partial charge in [-0.2, -0.15) is 0 Å². The molecule has 7 heteroatoms.